The van der Waals surface area contributed by atoms with E-state index in [9.17, 15) is 28.8 Å². The zero-order valence-electron chi connectivity index (χ0n) is 58.1. The van der Waals surface area contributed by atoms with Gasteiger partial charge in [-0.15, -0.1) is 45.3 Å². The molecule has 6 amide bonds. The number of para-hydroxylation sites is 2. The summed E-state index contributed by atoms with van der Waals surface area (Å²) >= 11 is 9.62. The first-order valence-corrected chi connectivity index (χ1v) is 35.9. The number of amides is 6. The first-order valence-electron chi connectivity index (χ1n) is 31.9. The van der Waals surface area contributed by atoms with Crippen LogP contribution in [0.2, 0.25) is 0 Å². The predicted molar refractivity (Wildman–Crippen MR) is 392 cm³/mol. The highest BCUT2D eigenvalue weighted by atomic mass is 79.9. The van der Waals surface area contributed by atoms with Crippen molar-refractivity contribution in [2.24, 2.45) is 0 Å². The molecule has 0 saturated heterocycles. The number of hydrogen-bond acceptors (Lipinski definition) is 20. The zero-order valence-corrected chi connectivity index (χ0v) is 63.0. The number of methoxy groups -OCH3 is 2. The van der Waals surface area contributed by atoms with Gasteiger partial charge in [-0.1, -0.05) is 19.6 Å². The van der Waals surface area contributed by atoms with Crippen LogP contribution in [0.5, 0.6) is 0 Å². The van der Waals surface area contributed by atoms with Crippen LogP contribution in [-0.4, -0.2) is 174 Å². The maximum Gasteiger partial charge on any atom is 0.410 e. The Balaban J connectivity index is 0.000000252. The number of ether oxygens (including phenoxy) is 6. The van der Waals surface area contributed by atoms with Crippen LogP contribution in [0.4, 0.5) is 29.2 Å². The summed E-state index contributed by atoms with van der Waals surface area (Å²) in [5.41, 5.74) is 5.97. The monoisotopic (exact) mass is 1490 g/mol. The molecule has 0 radical (unpaired) electrons. The first-order chi connectivity index (χ1) is 45.7. The molecule has 0 bridgehead atoms. The van der Waals surface area contributed by atoms with Crippen molar-refractivity contribution < 1.29 is 57.2 Å². The number of imidazole rings is 2. The molecule has 0 fully saturated rings. The lowest BCUT2D eigenvalue weighted by Gasteiger charge is -2.30. The molecule has 3 N–H and O–H groups in total. The molecule has 0 aliphatic carbocycles. The number of nitrogens with one attached hydrogen (secondary N) is 3. The average Bonchev–Trinajstić information content (AvgIpc) is 1.61. The molecular weight excluding hydrogens is 1400 g/mol. The van der Waals surface area contributed by atoms with Crippen molar-refractivity contribution >= 4 is 128 Å². The van der Waals surface area contributed by atoms with E-state index in [-0.39, 0.29) is 57.4 Å². The Labute approximate surface area is 598 Å². The Kier molecular flexibility index (Phi) is 26.6. The van der Waals surface area contributed by atoms with Gasteiger partial charge in [-0.05, 0) is 161 Å². The van der Waals surface area contributed by atoms with E-state index in [1.54, 1.807) is 107 Å². The third kappa shape index (κ3) is 21.7. The fraction of sp³-hybridized carbons (Fsp3) is 0.507. The molecular formula is C69H93BrN12O12S4. The van der Waals surface area contributed by atoms with Crippen molar-refractivity contribution in [3.8, 4) is 26.8 Å². The molecule has 0 saturated carbocycles. The molecule has 2 aliphatic rings. The number of thiazole rings is 2. The number of aromatic nitrogens is 6. The van der Waals surface area contributed by atoms with Gasteiger partial charge in [0.2, 0.25) is 11.8 Å². The number of anilines is 2. The Morgan fingerprint density at radius 2 is 1.06 bits per heavy atom. The summed E-state index contributed by atoms with van der Waals surface area (Å²) in [7, 11) is 3.12. The maximum atomic E-state index is 13.5. The number of H-pyrrole nitrogens is 1. The molecule has 532 valence electrons. The number of nitrogens with zero attached hydrogens (tertiary/aromatic N) is 9. The van der Waals surface area contributed by atoms with Gasteiger partial charge in [-0.25, -0.2) is 39.1 Å². The Morgan fingerprint density at radius 1 is 0.612 bits per heavy atom. The lowest BCUT2D eigenvalue weighted by molar-refractivity contribution is -0.117. The normalized spacial score (nSPS) is 13.0. The smallest absolute Gasteiger partial charge is 0.410 e. The van der Waals surface area contributed by atoms with Gasteiger partial charge in [0.1, 0.15) is 47.9 Å². The molecule has 24 nitrogen and oxygen atoms in total. The molecule has 0 spiro atoms. The van der Waals surface area contributed by atoms with Crippen LogP contribution >= 0.6 is 61.3 Å². The Hall–Kier alpha value is -7.54. The van der Waals surface area contributed by atoms with Crippen molar-refractivity contribution in [3.05, 3.63) is 98.2 Å². The fourth-order valence-corrected chi connectivity index (χ4v) is 15.5. The van der Waals surface area contributed by atoms with Crippen LogP contribution in [0.3, 0.4) is 0 Å². The number of carbonyl (C=O) groups is 6. The fourth-order valence-electron chi connectivity index (χ4n) is 10.0. The summed E-state index contributed by atoms with van der Waals surface area (Å²) in [5, 5.41) is 9.15. The summed E-state index contributed by atoms with van der Waals surface area (Å²) in [6.07, 6.45) is 6.78. The molecule has 2 aromatic carbocycles. The number of benzene rings is 2. The molecule has 6 aromatic heterocycles. The van der Waals surface area contributed by atoms with E-state index < -0.39 is 34.6 Å². The van der Waals surface area contributed by atoms with Crippen LogP contribution in [0.15, 0.2) is 65.9 Å². The third-order valence-electron chi connectivity index (χ3n) is 14.4. The van der Waals surface area contributed by atoms with Crippen LogP contribution < -0.4 is 10.6 Å². The standard InChI is InChI=1S/C34H44N6O6S2.C30H39BrN4O6S2.C4H6N2.CH4/c1-21-18-40(20-35-21)23-10-9-11-24-28(23)37-30(47-24)27-22-12-14-39(32(43)46-34(5,6)7)19-25(22)48-29(27)36-26(41)13-15-38(16-17-44-8)31(42)45-33(2,3)4;1-29(2,3)40-27(37)34(15-16-39-7)14-12-22(36)32-25-23(26-33-24-19(31)9-8-10-20(24)42-26)18-11-13-35(17-21(18)43-25)28(38)41-30(4,5)6;1-4-2-5-3-6-4;/h9-11,18,20H,12-17,19H2,1-8H3,(H,36,41);8-10H,11-17H2,1-7H3,(H,32,36);2-3H,1H3,(H,5,6);1H4. The summed E-state index contributed by atoms with van der Waals surface area (Å²) in [6.45, 7) is 29.1. The summed E-state index contributed by atoms with van der Waals surface area (Å²) in [6, 6.07) is 12.0. The number of carbonyl (C=O) groups excluding carboxylic acids is 6. The van der Waals surface area contributed by atoms with E-state index in [2.05, 4.69) is 41.5 Å². The van der Waals surface area contributed by atoms with Gasteiger partial charge in [0, 0.05) is 110 Å². The van der Waals surface area contributed by atoms with E-state index in [1.165, 1.54) is 32.5 Å². The lowest BCUT2D eigenvalue weighted by atomic mass is 10.0. The molecule has 0 atom stereocenters. The van der Waals surface area contributed by atoms with Gasteiger partial charge in [0.25, 0.3) is 0 Å². The van der Waals surface area contributed by atoms with Crippen molar-refractivity contribution in [2.45, 2.75) is 166 Å². The minimum atomic E-state index is -0.670. The van der Waals surface area contributed by atoms with Gasteiger partial charge < -0.3 is 68.2 Å². The van der Waals surface area contributed by atoms with E-state index in [1.807, 2.05) is 103 Å². The molecule has 8 heterocycles. The van der Waals surface area contributed by atoms with Gasteiger partial charge >= 0.3 is 24.4 Å². The van der Waals surface area contributed by atoms with E-state index >= 15 is 0 Å². The quantitative estimate of drug-likeness (QED) is 0.0715. The maximum absolute atomic E-state index is 13.5. The average molecular weight is 1490 g/mol. The highest BCUT2D eigenvalue weighted by Gasteiger charge is 2.35. The molecule has 98 heavy (non-hydrogen) atoms. The molecule has 10 rings (SSSR count). The second-order valence-corrected chi connectivity index (χ2v) is 32.3. The first kappa shape index (κ1) is 77.8. The van der Waals surface area contributed by atoms with Crippen molar-refractivity contribution in [1.29, 1.82) is 0 Å². The number of fused-ring (bicyclic) bond motifs is 4. The van der Waals surface area contributed by atoms with Gasteiger partial charge in [-0.3, -0.25) is 9.59 Å². The van der Waals surface area contributed by atoms with Crippen LogP contribution in [0, 0.1) is 13.8 Å². The van der Waals surface area contributed by atoms with Crippen molar-refractivity contribution in [1.82, 2.24) is 49.1 Å². The predicted octanol–water partition coefficient (Wildman–Crippen LogP) is 15.7. The van der Waals surface area contributed by atoms with Crippen LogP contribution in [0.1, 0.15) is 136 Å². The Morgan fingerprint density at radius 3 is 1.45 bits per heavy atom. The number of hydrogen-bond donors (Lipinski definition) is 3. The SMILES string of the molecule is C.COCCN(CCC(=O)Nc1sc2c(c1-c1nc3c(-n4cnc(C)c4)cccc3s1)CCN(C(=O)OC(C)(C)C)C2)C(=O)OC(C)(C)C.COCCN(CCC(=O)Nc1sc2c(c1-c1nc3c(Br)cccc3s1)CCN(C(=O)OC(C)(C)C)C2)C(=O)OC(C)(C)C.Cc1cnc[nH]1. The second-order valence-electron chi connectivity index (χ2n) is 27.1. The Bertz CT molecular complexity index is 4060. The largest absolute Gasteiger partial charge is 0.444 e. The van der Waals surface area contributed by atoms with E-state index in [0.717, 1.165) is 84.0 Å². The number of thiophene rings is 2. The van der Waals surface area contributed by atoms with Gasteiger partial charge in [0.15, 0.2) is 0 Å². The number of rotatable bonds is 17. The summed E-state index contributed by atoms with van der Waals surface area (Å²) < 4.78 is 37.6. The minimum Gasteiger partial charge on any atom is -0.444 e. The van der Waals surface area contributed by atoms with Crippen molar-refractivity contribution in [2.75, 3.05) is 77.3 Å². The van der Waals surface area contributed by atoms with E-state index in [4.69, 9.17) is 38.4 Å². The molecule has 8 aromatic rings. The highest BCUT2D eigenvalue weighted by Crippen LogP contribution is 2.48. The molecule has 29 heteroatoms. The third-order valence-corrected chi connectivity index (χ3v) is 19.4. The van der Waals surface area contributed by atoms with Gasteiger partial charge in [0.05, 0.1) is 65.3 Å². The van der Waals surface area contributed by atoms with Crippen LogP contribution in [-0.2, 0) is 63.9 Å². The lowest BCUT2D eigenvalue weighted by Crippen LogP contribution is -2.40. The number of halogens is 1. The van der Waals surface area contributed by atoms with Gasteiger partial charge in [-0.2, -0.15) is 0 Å². The molecule has 2 aliphatic heterocycles. The second kappa shape index (κ2) is 33.5. The summed E-state index contributed by atoms with van der Waals surface area (Å²) in [5.74, 6) is -0.488. The van der Waals surface area contributed by atoms with Crippen LogP contribution in [0.25, 0.3) is 47.3 Å². The number of aromatic amines is 1. The topological polar surface area (TPSA) is 267 Å². The minimum absolute atomic E-state index is 0. The molecule has 0 unspecified atom stereocenters. The van der Waals surface area contributed by atoms with Crippen molar-refractivity contribution in [3.63, 3.8) is 0 Å². The van der Waals surface area contributed by atoms with E-state index in [0.29, 0.717) is 75.3 Å². The summed E-state index contributed by atoms with van der Waals surface area (Å²) in [4.78, 5) is 108. The number of aryl methyl sites for hydroxylation is 2. The highest BCUT2D eigenvalue weighted by molar-refractivity contribution is 9.10. The zero-order chi connectivity index (χ0) is 70.7.